The number of hydrogen-bond acceptors (Lipinski definition) is 2. The molecule has 2 nitrogen and oxygen atoms in total. The van der Waals surface area contributed by atoms with E-state index in [2.05, 4.69) is 9.99 Å². The van der Waals surface area contributed by atoms with E-state index < -0.39 is 18.6 Å². The summed E-state index contributed by atoms with van der Waals surface area (Å²) in [7, 11) is 0. The Bertz CT molecular complexity index is 348. The number of nitrogens with zero attached hydrogens (tertiary/aromatic N) is 1. The summed E-state index contributed by atoms with van der Waals surface area (Å²) in [6.07, 6.45) is -3.55. The van der Waals surface area contributed by atoms with Crippen molar-refractivity contribution in [2.45, 2.75) is 6.18 Å². The first kappa shape index (κ1) is 11.5. The van der Waals surface area contributed by atoms with Gasteiger partial charge in [-0.15, -0.1) is 0 Å². The van der Waals surface area contributed by atoms with Gasteiger partial charge in [0.15, 0.2) is 0 Å². The van der Waals surface area contributed by atoms with Crippen molar-refractivity contribution >= 4 is 6.21 Å². The third-order valence-electron chi connectivity index (χ3n) is 1.40. The lowest BCUT2D eigenvalue weighted by Gasteiger charge is -2.02. The molecule has 0 aliphatic rings. The first-order valence-electron chi connectivity index (χ1n) is 3.95. The molecule has 0 unspecified atom stereocenters. The van der Waals surface area contributed by atoms with E-state index in [0.29, 0.717) is 0 Å². The highest BCUT2D eigenvalue weighted by atomic mass is 19.4. The van der Waals surface area contributed by atoms with Crippen LogP contribution in [0.1, 0.15) is 5.56 Å². The molecule has 0 atom stereocenters. The van der Waals surface area contributed by atoms with Crippen LogP contribution in [0.5, 0.6) is 0 Å². The van der Waals surface area contributed by atoms with Gasteiger partial charge in [-0.05, 0) is 6.07 Å². The lowest BCUT2D eigenvalue weighted by atomic mass is 10.2. The summed E-state index contributed by atoms with van der Waals surface area (Å²) in [4.78, 5) is 3.93. The Labute approximate surface area is 83.2 Å². The molecular weight excluding hydrogens is 214 g/mol. The number of halogens is 4. The maximum Gasteiger partial charge on any atom is 0.425 e. The molecule has 15 heavy (non-hydrogen) atoms. The molecule has 0 aliphatic carbocycles. The number of benzene rings is 1. The highest BCUT2D eigenvalue weighted by Gasteiger charge is 2.28. The Morgan fingerprint density at radius 3 is 2.53 bits per heavy atom. The minimum atomic E-state index is -4.44. The van der Waals surface area contributed by atoms with Crippen LogP contribution >= 0.6 is 0 Å². The van der Waals surface area contributed by atoms with Crippen molar-refractivity contribution < 1.29 is 22.4 Å². The topological polar surface area (TPSA) is 21.6 Å². The van der Waals surface area contributed by atoms with Gasteiger partial charge in [-0.3, -0.25) is 0 Å². The Hall–Kier alpha value is -1.59. The Kier molecular flexibility index (Phi) is 3.65. The maximum absolute atomic E-state index is 12.9. The molecule has 6 heteroatoms. The molecule has 0 saturated carbocycles. The average Bonchev–Trinajstić information content (AvgIpc) is 2.13. The molecule has 1 aromatic rings. The van der Waals surface area contributed by atoms with Gasteiger partial charge in [0.25, 0.3) is 0 Å². The smallest absolute Gasteiger partial charge is 0.386 e. The first-order chi connectivity index (χ1) is 6.99. The van der Waals surface area contributed by atoms with Gasteiger partial charge in [0.1, 0.15) is 5.82 Å². The van der Waals surface area contributed by atoms with Gasteiger partial charge in [0, 0.05) is 5.56 Å². The fraction of sp³-hybridized carbons (Fsp3) is 0.222. The minimum Gasteiger partial charge on any atom is -0.386 e. The molecular formula is C9H7F4NO. The summed E-state index contributed by atoms with van der Waals surface area (Å²) in [5.74, 6) is -0.572. The van der Waals surface area contributed by atoms with Crippen LogP contribution in [-0.4, -0.2) is 19.0 Å². The first-order valence-corrected chi connectivity index (χ1v) is 3.95. The van der Waals surface area contributed by atoms with Crippen molar-refractivity contribution in [1.82, 2.24) is 0 Å². The van der Waals surface area contributed by atoms with Crippen LogP contribution in [0, 0.1) is 5.82 Å². The molecule has 82 valence electrons. The Morgan fingerprint density at radius 1 is 1.27 bits per heavy atom. The van der Waals surface area contributed by atoms with Crippen LogP contribution in [0.3, 0.4) is 0 Å². The molecule has 0 bridgehead atoms. The van der Waals surface area contributed by atoms with E-state index in [1.54, 1.807) is 0 Å². The van der Waals surface area contributed by atoms with E-state index in [4.69, 9.17) is 0 Å². The van der Waals surface area contributed by atoms with Gasteiger partial charge in [-0.25, -0.2) is 4.39 Å². The van der Waals surface area contributed by atoms with Crippen LogP contribution < -0.4 is 0 Å². The van der Waals surface area contributed by atoms with E-state index >= 15 is 0 Å². The zero-order valence-corrected chi connectivity index (χ0v) is 7.46. The Morgan fingerprint density at radius 2 is 1.93 bits per heavy atom. The van der Waals surface area contributed by atoms with Gasteiger partial charge in [0.2, 0.25) is 6.61 Å². The van der Waals surface area contributed by atoms with Crippen molar-refractivity contribution in [2.24, 2.45) is 5.16 Å². The van der Waals surface area contributed by atoms with Crippen molar-refractivity contribution in [3.8, 4) is 0 Å². The van der Waals surface area contributed by atoms with E-state index in [1.165, 1.54) is 24.3 Å². The van der Waals surface area contributed by atoms with E-state index in [-0.39, 0.29) is 5.56 Å². The monoisotopic (exact) mass is 221 g/mol. The summed E-state index contributed by atoms with van der Waals surface area (Å²) >= 11 is 0. The third-order valence-corrected chi connectivity index (χ3v) is 1.40. The standard InChI is InChI=1S/C9H7F4NO/c10-8-4-2-1-3-7(8)5-14-15-6-9(11,12)13/h1-5H,6H2. The summed E-state index contributed by atoms with van der Waals surface area (Å²) < 4.78 is 47.6. The minimum absolute atomic E-state index is 0.0691. The maximum atomic E-state index is 12.9. The predicted molar refractivity (Wildman–Crippen MR) is 46.0 cm³/mol. The highest BCUT2D eigenvalue weighted by molar-refractivity contribution is 5.79. The van der Waals surface area contributed by atoms with Gasteiger partial charge < -0.3 is 4.84 Å². The lowest BCUT2D eigenvalue weighted by molar-refractivity contribution is -0.173. The second-order valence-electron chi connectivity index (χ2n) is 2.64. The zero-order valence-electron chi connectivity index (χ0n) is 7.46. The van der Waals surface area contributed by atoms with Crippen LogP contribution in [0.15, 0.2) is 29.4 Å². The fourth-order valence-corrected chi connectivity index (χ4v) is 0.784. The summed E-state index contributed by atoms with van der Waals surface area (Å²) in [5.41, 5.74) is 0.0691. The molecule has 1 rings (SSSR count). The number of rotatable bonds is 3. The molecule has 0 fully saturated rings. The molecule has 0 N–H and O–H groups in total. The van der Waals surface area contributed by atoms with Gasteiger partial charge in [-0.2, -0.15) is 13.2 Å². The number of oxime groups is 1. The van der Waals surface area contributed by atoms with Gasteiger partial charge >= 0.3 is 6.18 Å². The van der Waals surface area contributed by atoms with E-state index in [0.717, 1.165) is 6.21 Å². The molecule has 0 heterocycles. The van der Waals surface area contributed by atoms with Crippen molar-refractivity contribution in [1.29, 1.82) is 0 Å². The molecule has 0 spiro atoms. The Balaban J connectivity index is 2.49. The fourth-order valence-electron chi connectivity index (χ4n) is 0.784. The molecule has 0 aromatic heterocycles. The molecule has 0 saturated heterocycles. The van der Waals surface area contributed by atoms with Crippen LogP contribution in [0.25, 0.3) is 0 Å². The molecule has 0 aliphatic heterocycles. The molecule has 0 amide bonds. The van der Waals surface area contributed by atoms with Crippen molar-refractivity contribution in [2.75, 3.05) is 6.61 Å². The highest BCUT2D eigenvalue weighted by Crippen LogP contribution is 2.14. The number of hydrogen-bond donors (Lipinski definition) is 0. The second kappa shape index (κ2) is 4.77. The summed E-state index contributed by atoms with van der Waals surface area (Å²) in [6, 6.07) is 5.54. The molecule has 0 radical (unpaired) electrons. The van der Waals surface area contributed by atoms with E-state index in [1.807, 2.05) is 0 Å². The van der Waals surface area contributed by atoms with Crippen LogP contribution in [0.4, 0.5) is 17.6 Å². The normalized spacial score (nSPS) is 12.0. The largest absolute Gasteiger partial charge is 0.425 e. The second-order valence-corrected chi connectivity index (χ2v) is 2.64. The quantitative estimate of drug-likeness (QED) is 0.437. The number of alkyl halides is 3. The van der Waals surface area contributed by atoms with Gasteiger partial charge in [-0.1, -0.05) is 23.4 Å². The summed E-state index contributed by atoms with van der Waals surface area (Å²) in [6.45, 7) is -1.49. The van der Waals surface area contributed by atoms with Crippen molar-refractivity contribution in [3.63, 3.8) is 0 Å². The van der Waals surface area contributed by atoms with E-state index in [9.17, 15) is 17.6 Å². The SMILES string of the molecule is Fc1ccccc1C=NOCC(F)(F)F. The summed E-state index contributed by atoms with van der Waals surface area (Å²) in [5, 5.41) is 3.00. The van der Waals surface area contributed by atoms with Gasteiger partial charge in [0.05, 0.1) is 6.21 Å². The molecule has 1 aromatic carbocycles. The lowest BCUT2D eigenvalue weighted by Crippen LogP contribution is -2.14. The predicted octanol–water partition coefficient (Wildman–Crippen LogP) is 2.74. The van der Waals surface area contributed by atoms with Crippen LogP contribution in [0.2, 0.25) is 0 Å². The third kappa shape index (κ3) is 4.44. The van der Waals surface area contributed by atoms with Crippen LogP contribution in [-0.2, 0) is 4.84 Å². The average molecular weight is 221 g/mol. The van der Waals surface area contributed by atoms with Crippen molar-refractivity contribution in [3.05, 3.63) is 35.6 Å². The zero-order chi connectivity index (χ0) is 11.3.